The quantitative estimate of drug-likeness (QED) is 0.692. The van der Waals surface area contributed by atoms with Gasteiger partial charge in [-0.3, -0.25) is 4.79 Å². The Balaban J connectivity index is 1.90. The molecule has 0 radical (unpaired) electrons. The number of hydrogen-bond acceptors (Lipinski definition) is 5. The molecule has 2 N–H and O–H groups in total. The van der Waals surface area contributed by atoms with Crippen molar-refractivity contribution in [1.82, 2.24) is 10.0 Å². The first kappa shape index (κ1) is 19.4. The van der Waals surface area contributed by atoms with Crippen LogP contribution in [0.15, 0.2) is 16.3 Å². The average Bonchev–Trinajstić information content (AvgIpc) is 2.78. The molecule has 2 bridgehead atoms. The van der Waals surface area contributed by atoms with Crippen LogP contribution in [0.2, 0.25) is 13.7 Å². The van der Waals surface area contributed by atoms with Crippen LogP contribution in [0.3, 0.4) is 0 Å². The van der Waals surface area contributed by atoms with E-state index in [1.807, 2.05) is 0 Å². The van der Waals surface area contributed by atoms with Gasteiger partial charge in [0.15, 0.2) is 5.83 Å². The van der Waals surface area contributed by atoms with Crippen molar-refractivity contribution in [3.8, 4) is 0 Å². The van der Waals surface area contributed by atoms with Crippen LogP contribution in [-0.2, 0) is 14.8 Å². The molecule has 1 saturated carbocycles. The minimum atomic E-state index is -4.43. The van der Waals surface area contributed by atoms with E-state index in [0.717, 1.165) is 30.6 Å². The molecule has 2 heterocycles. The van der Waals surface area contributed by atoms with Crippen LogP contribution in [-0.4, -0.2) is 27.4 Å². The van der Waals surface area contributed by atoms with Gasteiger partial charge < -0.3 is 5.32 Å². The number of nitrogens with one attached hydrogen (secondary N) is 2. The molecule has 2 unspecified atom stereocenters. The van der Waals surface area contributed by atoms with E-state index in [1.54, 1.807) is 4.72 Å². The van der Waals surface area contributed by atoms with Gasteiger partial charge in [-0.2, -0.15) is 0 Å². The van der Waals surface area contributed by atoms with Crippen molar-refractivity contribution in [2.24, 2.45) is 11.8 Å². The average molecular weight is 448 g/mol. The maximum Gasteiger partial charge on any atom is 0.293 e. The number of piperidine rings is 1. The fourth-order valence-electron chi connectivity index (χ4n) is 3.39. The summed E-state index contributed by atoms with van der Waals surface area (Å²) in [5.41, 5.74) is 0.401. The Morgan fingerprint density at radius 3 is 2.28 bits per heavy atom. The van der Waals surface area contributed by atoms with E-state index < -0.39 is 26.7 Å². The van der Waals surface area contributed by atoms with E-state index in [-0.39, 0.29) is 25.5 Å². The van der Waals surface area contributed by atoms with Crippen LogP contribution in [0, 0.1) is 11.8 Å². The van der Waals surface area contributed by atoms with Crippen molar-refractivity contribution in [2.45, 2.75) is 24.2 Å². The van der Waals surface area contributed by atoms with Gasteiger partial charge in [0.25, 0.3) is 15.9 Å². The van der Waals surface area contributed by atoms with Crippen LogP contribution in [0.4, 0.5) is 4.39 Å². The van der Waals surface area contributed by atoms with Gasteiger partial charge in [0.05, 0.1) is 5.02 Å². The zero-order valence-corrected chi connectivity index (χ0v) is 16.6. The monoisotopic (exact) mass is 446 g/mol. The van der Waals surface area contributed by atoms with Gasteiger partial charge in [0.2, 0.25) is 0 Å². The summed E-state index contributed by atoms with van der Waals surface area (Å²) in [7, 11) is -4.43. The molecule has 5 nitrogen and oxygen atoms in total. The molecule has 1 aromatic heterocycles. The highest BCUT2D eigenvalue weighted by molar-refractivity contribution is 7.90. The number of rotatable bonds is 3. The van der Waals surface area contributed by atoms with Crippen molar-refractivity contribution >= 4 is 62.1 Å². The van der Waals surface area contributed by atoms with E-state index in [0.29, 0.717) is 18.7 Å². The highest BCUT2D eigenvalue weighted by atomic mass is 35.5. The Morgan fingerprint density at radius 2 is 1.76 bits per heavy atom. The zero-order chi connectivity index (χ0) is 18.4. The van der Waals surface area contributed by atoms with Crippen LogP contribution in [0.1, 0.15) is 19.3 Å². The molecule has 11 heteroatoms. The third kappa shape index (κ3) is 3.70. The SMILES string of the molecule is O=C(NS(=O)(=O)c1c(Cl)sc(Cl)c1Cl)C(F)=C1C2CCCC1CNC2. The minimum absolute atomic E-state index is 0.0220. The summed E-state index contributed by atoms with van der Waals surface area (Å²) in [5, 5.41) is 2.92. The van der Waals surface area contributed by atoms with Gasteiger partial charge in [-0.15, -0.1) is 11.3 Å². The Hall–Kier alpha value is -0.380. The van der Waals surface area contributed by atoms with E-state index in [2.05, 4.69) is 5.32 Å². The normalized spacial score (nSPS) is 23.4. The van der Waals surface area contributed by atoms with Gasteiger partial charge in [0, 0.05) is 13.1 Å². The van der Waals surface area contributed by atoms with E-state index in [1.165, 1.54) is 0 Å². The molecule has 138 valence electrons. The molecule has 25 heavy (non-hydrogen) atoms. The number of hydrogen-bond donors (Lipinski definition) is 2. The molecule has 2 atom stereocenters. The standard InChI is InChI=1S/C14H14Cl3FN2O3S2/c15-9-11(13(17)24-12(9)16)25(22,23)20-14(21)10(18)8-6-2-1-3-7(8)5-19-4-6/h6-7,19H,1-5H2,(H,20,21). The lowest BCUT2D eigenvalue weighted by Crippen LogP contribution is -2.43. The first-order valence-corrected chi connectivity index (χ1v) is 11.0. The van der Waals surface area contributed by atoms with Crippen molar-refractivity contribution in [1.29, 1.82) is 0 Å². The first-order chi connectivity index (χ1) is 11.7. The Morgan fingerprint density at radius 1 is 1.16 bits per heavy atom. The Kier molecular flexibility index (Phi) is 5.68. The van der Waals surface area contributed by atoms with Crippen LogP contribution >= 0.6 is 46.1 Å². The topological polar surface area (TPSA) is 75.3 Å². The Labute approximate surface area is 163 Å². The molecular weight excluding hydrogens is 434 g/mol. The molecule has 1 aliphatic carbocycles. The molecule has 1 aliphatic heterocycles. The number of halogens is 4. The van der Waals surface area contributed by atoms with Crippen molar-refractivity contribution < 1.29 is 17.6 Å². The summed E-state index contributed by atoms with van der Waals surface area (Å²) in [5.74, 6) is -2.52. The zero-order valence-electron chi connectivity index (χ0n) is 12.7. The summed E-state index contributed by atoms with van der Waals surface area (Å²) in [6, 6.07) is 0. The summed E-state index contributed by atoms with van der Waals surface area (Å²) in [4.78, 5) is 11.7. The second-order valence-electron chi connectivity index (χ2n) is 5.98. The third-order valence-corrected chi connectivity index (χ3v) is 8.39. The fraction of sp³-hybridized carbons (Fsp3) is 0.500. The second kappa shape index (κ2) is 7.32. The highest BCUT2D eigenvalue weighted by Crippen LogP contribution is 2.43. The lowest BCUT2D eigenvalue weighted by atomic mass is 9.73. The number of fused-ring (bicyclic) bond motifs is 2. The van der Waals surface area contributed by atoms with Crippen molar-refractivity contribution in [3.63, 3.8) is 0 Å². The molecule has 1 aromatic rings. The van der Waals surface area contributed by atoms with Crippen LogP contribution < -0.4 is 10.0 Å². The molecule has 1 amide bonds. The van der Waals surface area contributed by atoms with Gasteiger partial charge in [-0.1, -0.05) is 41.2 Å². The fourth-order valence-corrected chi connectivity index (χ4v) is 7.19. The van der Waals surface area contributed by atoms with E-state index >= 15 is 0 Å². The number of sulfonamides is 1. The molecule has 3 rings (SSSR count). The van der Waals surface area contributed by atoms with E-state index in [4.69, 9.17) is 34.8 Å². The number of amides is 1. The molecule has 0 spiro atoms. The Bertz CT molecular complexity index is 830. The maximum absolute atomic E-state index is 14.7. The first-order valence-electron chi connectivity index (χ1n) is 7.53. The predicted octanol–water partition coefficient (Wildman–Crippen LogP) is 3.76. The molecule has 1 saturated heterocycles. The van der Waals surface area contributed by atoms with Gasteiger partial charge in [-0.25, -0.2) is 17.5 Å². The summed E-state index contributed by atoms with van der Waals surface area (Å²) in [6.45, 7) is 1.16. The molecule has 0 aromatic carbocycles. The number of carbonyl (C=O) groups is 1. The van der Waals surface area contributed by atoms with Crippen molar-refractivity contribution in [2.75, 3.05) is 13.1 Å². The van der Waals surface area contributed by atoms with Gasteiger partial charge in [0.1, 0.15) is 13.6 Å². The molecular formula is C14H14Cl3FN2O3S2. The van der Waals surface area contributed by atoms with Gasteiger partial charge in [-0.05, 0) is 30.3 Å². The predicted molar refractivity (Wildman–Crippen MR) is 96.5 cm³/mol. The lowest BCUT2D eigenvalue weighted by molar-refractivity contribution is -0.117. The van der Waals surface area contributed by atoms with E-state index in [9.17, 15) is 17.6 Å². The molecule has 2 fully saturated rings. The summed E-state index contributed by atoms with van der Waals surface area (Å²) in [6.07, 6.45) is 2.50. The minimum Gasteiger partial charge on any atom is -0.316 e. The maximum atomic E-state index is 14.7. The number of carbonyl (C=O) groups excluding carboxylic acids is 1. The van der Waals surface area contributed by atoms with Crippen LogP contribution in [0.25, 0.3) is 0 Å². The van der Waals surface area contributed by atoms with Gasteiger partial charge >= 0.3 is 0 Å². The second-order valence-corrected chi connectivity index (χ2v) is 10.2. The summed E-state index contributed by atoms with van der Waals surface area (Å²) >= 11 is 18.2. The third-order valence-electron chi connectivity index (χ3n) is 4.44. The largest absolute Gasteiger partial charge is 0.316 e. The summed E-state index contributed by atoms with van der Waals surface area (Å²) < 4.78 is 41.0. The van der Waals surface area contributed by atoms with Crippen LogP contribution in [0.5, 0.6) is 0 Å². The molecule has 2 aliphatic rings. The smallest absolute Gasteiger partial charge is 0.293 e. The van der Waals surface area contributed by atoms with Crippen molar-refractivity contribution in [3.05, 3.63) is 25.1 Å². The number of thiophene rings is 1. The highest BCUT2D eigenvalue weighted by Gasteiger charge is 2.37. The lowest BCUT2D eigenvalue weighted by Gasteiger charge is -2.38.